The summed E-state index contributed by atoms with van der Waals surface area (Å²) >= 11 is 17.2. The Morgan fingerprint density at radius 2 is 1.70 bits per heavy atom. The summed E-state index contributed by atoms with van der Waals surface area (Å²) in [4.78, 5) is 6.74. The summed E-state index contributed by atoms with van der Waals surface area (Å²) in [5, 5.41) is -0.537. The van der Waals surface area contributed by atoms with Crippen molar-refractivity contribution in [3.05, 3.63) is 45.7 Å². The Labute approximate surface area is 128 Å². The van der Waals surface area contributed by atoms with E-state index >= 15 is 0 Å². The van der Waals surface area contributed by atoms with Gasteiger partial charge in [0.2, 0.25) is 0 Å². The summed E-state index contributed by atoms with van der Waals surface area (Å²) < 4.78 is 39.5. The van der Waals surface area contributed by atoms with Crippen LogP contribution in [0, 0.1) is 5.82 Å². The van der Waals surface area contributed by atoms with Crippen molar-refractivity contribution in [1.29, 1.82) is 0 Å². The van der Waals surface area contributed by atoms with E-state index in [0.717, 1.165) is 24.5 Å². The molecular formula is C10H5Cl3FN3O2S. The smallest absolute Gasteiger partial charge is 0.263 e. The second-order valence-electron chi connectivity index (χ2n) is 3.51. The van der Waals surface area contributed by atoms with Gasteiger partial charge in [0, 0.05) is 0 Å². The van der Waals surface area contributed by atoms with Crippen LogP contribution >= 0.6 is 34.8 Å². The maximum atomic E-state index is 13.1. The van der Waals surface area contributed by atoms with Gasteiger partial charge in [0.1, 0.15) is 22.7 Å². The van der Waals surface area contributed by atoms with E-state index in [4.69, 9.17) is 34.8 Å². The normalized spacial score (nSPS) is 11.4. The third-order valence-corrected chi connectivity index (χ3v) is 4.58. The van der Waals surface area contributed by atoms with Gasteiger partial charge in [0.05, 0.1) is 5.02 Å². The Morgan fingerprint density at radius 1 is 1.10 bits per heavy atom. The number of benzene rings is 1. The molecule has 1 heterocycles. The summed E-state index contributed by atoms with van der Waals surface area (Å²) in [6, 6.07) is 2.93. The Kier molecular flexibility index (Phi) is 4.33. The second-order valence-corrected chi connectivity index (χ2v) is 6.28. The van der Waals surface area contributed by atoms with Crippen LogP contribution in [-0.2, 0) is 10.0 Å². The molecule has 0 bridgehead atoms. The predicted molar refractivity (Wildman–Crippen MR) is 74.3 cm³/mol. The number of anilines is 1. The molecular weight excluding hydrogens is 352 g/mol. The van der Waals surface area contributed by atoms with Gasteiger partial charge in [0.25, 0.3) is 10.0 Å². The van der Waals surface area contributed by atoms with Gasteiger partial charge in [-0.15, -0.1) is 0 Å². The highest BCUT2D eigenvalue weighted by Crippen LogP contribution is 2.30. The number of sulfonamides is 1. The number of hydrogen-bond donors (Lipinski definition) is 1. The molecule has 0 aliphatic carbocycles. The lowest BCUT2D eigenvalue weighted by atomic mass is 10.3. The van der Waals surface area contributed by atoms with Gasteiger partial charge in [-0.25, -0.2) is 22.8 Å². The highest BCUT2D eigenvalue weighted by atomic mass is 35.5. The van der Waals surface area contributed by atoms with Gasteiger partial charge >= 0.3 is 0 Å². The number of halogens is 4. The van der Waals surface area contributed by atoms with Crippen LogP contribution in [0.5, 0.6) is 0 Å². The first-order valence-corrected chi connectivity index (χ1v) is 7.57. The third-order valence-electron chi connectivity index (χ3n) is 2.17. The lowest BCUT2D eigenvalue weighted by Gasteiger charge is -2.11. The van der Waals surface area contributed by atoms with Gasteiger partial charge in [-0.2, -0.15) is 0 Å². The quantitative estimate of drug-likeness (QED) is 0.856. The molecule has 1 aromatic heterocycles. The Balaban J connectivity index is 2.49. The molecule has 0 aliphatic heterocycles. The van der Waals surface area contributed by atoms with Crippen molar-refractivity contribution in [2.45, 2.75) is 4.90 Å². The molecule has 106 valence electrons. The average molecular weight is 357 g/mol. The third kappa shape index (κ3) is 3.12. The lowest BCUT2D eigenvalue weighted by Crippen LogP contribution is -2.15. The Bertz CT molecular complexity index is 750. The van der Waals surface area contributed by atoms with Crippen molar-refractivity contribution in [2.75, 3.05) is 4.72 Å². The van der Waals surface area contributed by atoms with Crippen molar-refractivity contribution in [1.82, 2.24) is 9.97 Å². The second kappa shape index (κ2) is 5.69. The molecule has 0 fully saturated rings. The molecule has 0 saturated heterocycles. The Hall–Kier alpha value is -1.15. The van der Waals surface area contributed by atoms with E-state index in [-0.39, 0.29) is 21.0 Å². The van der Waals surface area contributed by atoms with Gasteiger partial charge in [-0.3, -0.25) is 4.72 Å². The molecule has 1 aromatic carbocycles. The average Bonchev–Trinajstić information content (AvgIpc) is 2.37. The minimum Gasteiger partial charge on any atom is -0.274 e. The maximum Gasteiger partial charge on any atom is 0.263 e. The van der Waals surface area contributed by atoms with Crippen LogP contribution in [0.2, 0.25) is 15.3 Å². The first kappa shape index (κ1) is 15.2. The van der Waals surface area contributed by atoms with Crippen molar-refractivity contribution in [2.24, 2.45) is 0 Å². The van der Waals surface area contributed by atoms with Crippen LogP contribution < -0.4 is 4.72 Å². The minimum atomic E-state index is -4.18. The molecule has 10 heteroatoms. The van der Waals surface area contributed by atoms with Crippen LogP contribution in [-0.4, -0.2) is 18.4 Å². The lowest BCUT2D eigenvalue weighted by molar-refractivity contribution is 0.595. The minimum absolute atomic E-state index is 0.150. The highest BCUT2D eigenvalue weighted by molar-refractivity contribution is 7.92. The Morgan fingerprint density at radius 3 is 2.30 bits per heavy atom. The molecule has 5 nitrogen and oxygen atoms in total. The molecule has 2 aromatic rings. The number of nitrogens with one attached hydrogen (secondary N) is 1. The van der Waals surface area contributed by atoms with E-state index in [9.17, 15) is 12.8 Å². The zero-order chi connectivity index (χ0) is 14.9. The first-order chi connectivity index (χ1) is 9.31. The summed E-state index contributed by atoms with van der Waals surface area (Å²) in [6.07, 6.45) is 1.07. The van der Waals surface area contributed by atoms with Gasteiger partial charge in [-0.05, 0) is 18.2 Å². The van der Waals surface area contributed by atoms with Crippen LogP contribution in [0.25, 0.3) is 0 Å². The molecule has 20 heavy (non-hydrogen) atoms. The summed E-state index contributed by atoms with van der Waals surface area (Å²) in [7, 11) is -4.18. The van der Waals surface area contributed by atoms with Crippen molar-refractivity contribution >= 4 is 50.5 Å². The molecule has 2 rings (SSSR count). The summed E-state index contributed by atoms with van der Waals surface area (Å²) in [5.74, 6) is -0.753. The fourth-order valence-corrected chi connectivity index (χ4v) is 3.41. The van der Waals surface area contributed by atoms with Crippen molar-refractivity contribution in [3.8, 4) is 0 Å². The van der Waals surface area contributed by atoms with Crippen LogP contribution in [0.4, 0.5) is 10.1 Å². The zero-order valence-electron chi connectivity index (χ0n) is 9.44. The number of hydrogen-bond acceptors (Lipinski definition) is 4. The standard InChI is InChI=1S/C10H5Cl3FN3O2S/c11-6-2-1-5(14)3-7(6)20(18,19)17-8-9(12)15-4-16-10(8)13/h1-4,17H. The fraction of sp³-hybridized carbons (Fsp3) is 0. The summed E-state index contributed by atoms with van der Waals surface area (Å²) in [5.41, 5.74) is -0.212. The van der Waals surface area contributed by atoms with Crippen molar-refractivity contribution < 1.29 is 12.8 Å². The van der Waals surface area contributed by atoms with E-state index < -0.39 is 20.7 Å². The van der Waals surface area contributed by atoms with E-state index in [0.29, 0.717) is 0 Å². The summed E-state index contributed by atoms with van der Waals surface area (Å²) in [6.45, 7) is 0. The van der Waals surface area contributed by atoms with Gasteiger partial charge in [0.15, 0.2) is 10.3 Å². The van der Waals surface area contributed by atoms with Crippen LogP contribution in [0.3, 0.4) is 0 Å². The zero-order valence-corrected chi connectivity index (χ0v) is 12.5. The molecule has 0 unspecified atom stereocenters. The van der Waals surface area contributed by atoms with E-state index in [1.807, 2.05) is 0 Å². The predicted octanol–water partition coefficient (Wildman–Crippen LogP) is 3.38. The number of nitrogens with zero attached hydrogens (tertiary/aromatic N) is 2. The molecule has 0 saturated carbocycles. The van der Waals surface area contributed by atoms with Crippen LogP contribution in [0.15, 0.2) is 29.4 Å². The van der Waals surface area contributed by atoms with E-state index in [2.05, 4.69) is 14.7 Å². The largest absolute Gasteiger partial charge is 0.274 e. The number of rotatable bonds is 3. The van der Waals surface area contributed by atoms with E-state index in [1.165, 1.54) is 0 Å². The topological polar surface area (TPSA) is 72.0 Å². The highest BCUT2D eigenvalue weighted by Gasteiger charge is 2.22. The first-order valence-electron chi connectivity index (χ1n) is 4.95. The maximum absolute atomic E-state index is 13.1. The van der Waals surface area contributed by atoms with Crippen LogP contribution in [0.1, 0.15) is 0 Å². The molecule has 0 radical (unpaired) electrons. The van der Waals surface area contributed by atoms with Crippen molar-refractivity contribution in [3.63, 3.8) is 0 Å². The molecule has 0 aliphatic rings. The van der Waals surface area contributed by atoms with Gasteiger partial charge < -0.3 is 0 Å². The SMILES string of the molecule is O=S(=O)(Nc1c(Cl)ncnc1Cl)c1cc(F)ccc1Cl. The molecule has 0 amide bonds. The fourth-order valence-electron chi connectivity index (χ4n) is 1.30. The van der Waals surface area contributed by atoms with E-state index in [1.54, 1.807) is 0 Å². The monoisotopic (exact) mass is 355 g/mol. The molecule has 0 spiro atoms. The molecule has 0 atom stereocenters. The molecule has 1 N–H and O–H groups in total. The number of aromatic nitrogens is 2. The van der Waals surface area contributed by atoms with Gasteiger partial charge in [-0.1, -0.05) is 34.8 Å².